The molecule has 0 unspecified atom stereocenters. The zero-order chi connectivity index (χ0) is 33.4. The van der Waals surface area contributed by atoms with Gasteiger partial charge in [0.1, 0.15) is 12.6 Å². The summed E-state index contributed by atoms with van der Waals surface area (Å²) >= 11 is 19.0. The lowest BCUT2D eigenvalue weighted by atomic mass is 9.94. The number of rotatable bonds is 12. The van der Waals surface area contributed by atoms with Crippen LogP contribution in [0.15, 0.2) is 108 Å². The van der Waals surface area contributed by atoms with Gasteiger partial charge in [-0.2, -0.15) is 0 Å². The molecule has 246 valence electrons. The van der Waals surface area contributed by atoms with E-state index in [4.69, 9.17) is 34.8 Å². The molecule has 5 rings (SSSR count). The number of nitrogens with one attached hydrogen (secondary N) is 1. The Balaban J connectivity index is 1.58. The van der Waals surface area contributed by atoms with Crippen LogP contribution in [0.3, 0.4) is 0 Å². The minimum absolute atomic E-state index is 0.00207. The number of sulfonamides is 1. The summed E-state index contributed by atoms with van der Waals surface area (Å²) in [6.45, 7) is -0.596. The maximum atomic E-state index is 14.6. The molecule has 0 spiro atoms. The first-order valence-corrected chi connectivity index (χ1v) is 18.1. The fraction of sp³-hybridized carbons (Fsp3) is 0.278. The first-order chi connectivity index (χ1) is 22.6. The van der Waals surface area contributed by atoms with Crippen molar-refractivity contribution in [2.24, 2.45) is 0 Å². The lowest BCUT2D eigenvalue weighted by Gasteiger charge is -2.35. The van der Waals surface area contributed by atoms with E-state index in [2.05, 4.69) is 5.32 Å². The predicted octanol–water partition coefficient (Wildman–Crippen LogP) is 7.93. The van der Waals surface area contributed by atoms with Crippen molar-refractivity contribution in [1.82, 2.24) is 10.2 Å². The molecule has 1 aliphatic rings. The zero-order valence-corrected chi connectivity index (χ0v) is 28.8. The Morgan fingerprint density at radius 1 is 0.766 bits per heavy atom. The third-order valence-electron chi connectivity index (χ3n) is 8.28. The van der Waals surface area contributed by atoms with Gasteiger partial charge in [-0.25, -0.2) is 8.42 Å². The molecule has 47 heavy (non-hydrogen) atoms. The highest BCUT2D eigenvalue weighted by atomic mass is 35.5. The van der Waals surface area contributed by atoms with Crippen LogP contribution in [0.5, 0.6) is 0 Å². The minimum atomic E-state index is -4.30. The van der Waals surface area contributed by atoms with Crippen molar-refractivity contribution in [1.29, 1.82) is 0 Å². The third kappa shape index (κ3) is 9.08. The SMILES string of the molecule is O=C(NC1CCCCC1)[C@H](Cc1ccccc1)N(Cc1ccc(Cl)cc1)C(=O)CN(c1cc(Cl)ccc1Cl)S(=O)(=O)c1ccccc1. The number of carbonyl (C=O) groups excluding carboxylic acids is 2. The van der Waals surface area contributed by atoms with E-state index in [9.17, 15) is 18.0 Å². The molecule has 1 fully saturated rings. The second kappa shape index (κ2) is 16.0. The molecule has 1 aliphatic carbocycles. The molecule has 4 aromatic carbocycles. The molecule has 2 amide bonds. The largest absolute Gasteiger partial charge is 0.352 e. The van der Waals surface area contributed by atoms with E-state index in [0.717, 1.165) is 47.5 Å². The minimum Gasteiger partial charge on any atom is -0.352 e. The van der Waals surface area contributed by atoms with Crippen molar-refractivity contribution in [3.8, 4) is 0 Å². The molecule has 0 aromatic heterocycles. The second-order valence-electron chi connectivity index (χ2n) is 11.6. The van der Waals surface area contributed by atoms with Crippen molar-refractivity contribution in [2.75, 3.05) is 10.8 Å². The van der Waals surface area contributed by atoms with Crippen LogP contribution in [-0.4, -0.2) is 43.8 Å². The summed E-state index contributed by atoms with van der Waals surface area (Å²) in [5.41, 5.74) is 1.63. The van der Waals surface area contributed by atoms with Crippen LogP contribution in [0.25, 0.3) is 0 Å². The van der Waals surface area contributed by atoms with Crippen LogP contribution in [-0.2, 0) is 32.6 Å². The molecule has 11 heteroatoms. The number of benzene rings is 4. The van der Waals surface area contributed by atoms with Gasteiger partial charge in [0.2, 0.25) is 11.8 Å². The quantitative estimate of drug-likeness (QED) is 0.162. The van der Waals surface area contributed by atoms with Crippen molar-refractivity contribution >= 4 is 62.3 Å². The molecule has 0 bridgehead atoms. The molecule has 4 aromatic rings. The predicted molar refractivity (Wildman–Crippen MR) is 188 cm³/mol. The Morgan fingerprint density at radius 3 is 2.04 bits per heavy atom. The van der Waals surface area contributed by atoms with E-state index in [1.54, 1.807) is 48.5 Å². The molecule has 0 radical (unpaired) electrons. The third-order valence-corrected chi connectivity index (χ3v) is 10.9. The summed E-state index contributed by atoms with van der Waals surface area (Å²) in [5.74, 6) is -0.878. The highest BCUT2D eigenvalue weighted by molar-refractivity contribution is 7.92. The second-order valence-corrected chi connectivity index (χ2v) is 14.8. The first kappa shape index (κ1) is 34.8. The molecule has 0 heterocycles. The van der Waals surface area contributed by atoms with Gasteiger partial charge < -0.3 is 10.2 Å². The Morgan fingerprint density at radius 2 is 1.38 bits per heavy atom. The van der Waals surface area contributed by atoms with E-state index in [1.807, 2.05) is 30.3 Å². The number of anilines is 1. The van der Waals surface area contributed by atoms with Crippen LogP contribution < -0.4 is 9.62 Å². The molecular formula is C36H36Cl3N3O4S. The van der Waals surface area contributed by atoms with Crippen molar-refractivity contribution in [3.05, 3.63) is 129 Å². The summed E-state index contributed by atoms with van der Waals surface area (Å²) < 4.78 is 29.3. The Labute approximate surface area is 291 Å². The number of amides is 2. The topological polar surface area (TPSA) is 86.8 Å². The van der Waals surface area contributed by atoms with Gasteiger partial charge in [-0.15, -0.1) is 0 Å². The van der Waals surface area contributed by atoms with Gasteiger partial charge in [0.15, 0.2) is 0 Å². The van der Waals surface area contributed by atoms with Gasteiger partial charge in [-0.05, 0) is 66.4 Å². The number of carbonyl (C=O) groups is 2. The average molecular weight is 713 g/mol. The van der Waals surface area contributed by atoms with Crippen molar-refractivity contribution < 1.29 is 18.0 Å². The van der Waals surface area contributed by atoms with E-state index in [1.165, 1.54) is 29.2 Å². The smallest absolute Gasteiger partial charge is 0.264 e. The molecule has 7 nitrogen and oxygen atoms in total. The summed E-state index contributed by atoms with van der Waals surface area (Å²) in [6.07, 6.45) is 5.13. The average Bonchev–Trinajstić information content (AvgIpc) is 3.08. The maximum Gasteiger partial charge on any atom is 0.264 e. The van der Waals surface area contributed by atoms with E-state index in [-0.39, 0.29) is 45.5 Å². The molecule has 0 aliphatic heterocycles. The summed E-state index contributed by atoms with van der Waals surface area (Å²) in [6, 6.07) is 27.8. The number of hydrogen-bond acceptors (Lipinski definition) is 4. The van der Waals surface area contributed by atoms with Crippen LogP contribution in [0.4, 0.5) is 5.69 Å². The highest BCUT2D eigenvalue weighted by Gasteiger charge is 2.36. The van der Waals surface area contributed by atoms with Gasteiger partial charge in [0.05, 0.1) is 15.6 Å². The van der Waals surface area contributed by atoms with Gasteiger partial charge in [0.25, 0.3) is 10.0 Å². The lowest BCUT2D eigenvalue weighted by molar-refractivity contribution is -0.140. The zero-order valence-electron chi connectivity index (χ0n) is 25.7. The number of halogens is 3. The van der Waals surface area contributed by atoms with Crippen molar-refractivity contribution in [2.45, 2.75) is 62.0 Å². The van der Waals surface area contributed by atoms with Gasteiger partial charge in [-0.1, -0.05) is 115 Å². The Bertz CT molecular complexity index is 1770. The van der Waals surface area contributed by atoms with E-state index >= 15 is 0 Å². The molecule has 1 saturated carbocycles. The molecule has 1 N–H and O–H groups in total. The van der Waals surface area contributed by atoms with Gasteiger partial charge >= 0.3 is 0 Å². The Kier molecular flexibility index (Phi) is 11.9. The fourth-order valence-corrected chi connectivity index (χ4v) is 7.80. The van der Waals surface area contributed by atoms with Crippen molar-refractivity contribution in [3.63, 3.8) is 0 Å². The number of nitrogens with zero attached hydrogens (tertiary/aromatic N) is 2. The van der Waals surface area contributed by atoms with Gasteiger partial charge in [0, 0.05) is 29.1 Å². The summed E-state index contributed by atoms with van der Waals surface area (Å²) in [5, 5.41) is 4.08. The molecular weight excluding hydrogens is 677 g/mol. The standard InChI is InChI=1S/C36H36Cl3N3O4S/c37-28-18-16-27(17-19-28)24-41(34(22-26-10-4-1-5-11-26)36(44)40-30-12-6-2-7-13-30)35(43)25-42(33-23-29(38)20-21-32(33)39)47(45,46)31-14-8-3-9-15-31/h1,3-5,8-11,14-21,23,30,34H,2,6-7,12-13,22,24-25H2,(H,40,44)/t34-/m0/s1. The van der Waals surface area contributed by atoms with Crippen LogP contribution in [0, 0.1) is 0 Å². The Hall–Kier alpha value is -3.56. The van der Waals surface area contributed by atoms with Crippen LogP contribution in [0.2, 0.25) is 15.1 Å². The monoisotopic (exact) mass is 711 g/mol. The number of hydrogen-bond donors (Lipinski definition) is 1. The van der Waals surface area contributed by atoms with Crippen LogP contribution in [0.1, 0.15) is 43.2 Å². The molecule has 0 saturated heterocycles. The summed E-state index contributed by atoms with van der Waals surface area (Å²) in [7, 11) is -4.30. The first-order valence-electron chi connectivity index (χ1n) is 15.5. The normalized spacial score (nSPS) is 14.3. The molecule has 1 atom stereocenters. The fourth-order valence-electron chi connectivity index (χ4n) is 5.79. The van der Waals surface area contributed by atoms with Gasteiger partial charge in [-0.3, -0.25) is 13.9 Å². The lowest BCUT2D eigenvalue weighted by Crippen LogP contribution is -2.55. The van der Waals surface area contributed by atoms with E-state index < -0.39 is 28.5 Å². The maximum absolute atomic E-state index is 14.6. The summed E-state index contributed by atoms with van der Waals surface area (Å²) in [4.78, 5) is 30.3. The highest BCUT2D eigenvalue weighted by Crippen LogP contribution is 2.33. The van der Waals surface area contributed by atoms with Crippen LogP contribution >= 0.6 is 34.8 Å². The van der Waals surface area contributed by atoms with E-state index in [0.29, 0.717) is 5.02 Å².